The molecule has 142 valence electrons. The van der Waals surface area contributed by atoms with Crippen molar-refractivity contribution in [3.63, 3.8) is 0 Å². The highest BCUT2D eigenvalue weighted by Gasteiger charge is 2.61. The molecule has 2 atom stereocenters. The fraction of sp³-hybridized carbons (Fsp3) is 0.231. The Morgan fingerprint density at radius 1 is 0.655 bits per heavy atom. The van der Waals surface area contributed by atoms with Crippen LogP contribution >= 0.6 is 0 Å². The number of carbonyl (C=O) groups excluding carboxylic acids is 2. The van der Waals surface area contributed by atoms with E-state index in [1.54, 1.807) is 0 Å². The van der Waals surface area contributed by atoms with Gasteiger partial charge in [-0.2, -0.15) is 0 Å². The number of hydrogen-bond donors (Lipinski definition) is 0. The topological polar surface area (TPSA) is 37.4 Å². The van der Waals surface area contributed by atoms with Crippen LogP contribution in [0.25, 0.3) is 0 Å². The fourth-order valence-electron chi connectivity index (χ4n) is 5.81. The fourth-order valence-corrected chi connectivity index (χ4v) is 5.81. The van der Waals surface area contributed by atoms with Crippen molar-refractivity contribution in [1.82, 2.24) is 0 Å². The molecule has 1 aliphatic heterocycles. The van der Waals surface area contributed by atoms with Crippen LogP contribution in [-0.2, 0) is 16.0 Å². The standard InChI is InChI=1S/C26H21NO2/c1-2-15-11-13-16(14-12-15)27-25(28)23-21-17-7-3-4-8-18(17)22(24(23)26(27)29)20-10-6-5-9-19(20)21/h3-14,21-24H,2H2,1H3/t21?,22?,23-,24-/m0/s1. The van der Waals surface area contributed by atoms with E-state index in [-0.39, 0.29) is 35.5 Å². The molecule has 0 N–H and O–H groups in total. The molecule has 0 radical (unpaired) electrons. The van der Waals surface area contributed by atoms with E-state index in [9.17, 15) is 9.59 Å². The molecule has 1 saturated heterocycles. The van der Waals surface area contributed by atoms with Gasteiger partial charge in [0, 0.05) is 11.8 Å². The van der Waals surface area contributed by atoms with E-state index >= 15 is 0 Å². The van der Waals surface area contributed by atoms with Gasteiger partial charge in [0.15, 0.2) is 0 Å². The minimum atomic E-state index is -0.317. The SMILES string of the molecule is CCc1ccc(N2C(=O)[C@H]3C4c5ccccc5C(c5ccccc54)[C@@H]3C2=O)cc1. The maximum atomic E-state index is 13.6. The second kappa shape index (κ2) is 5.90. The van der Waals surface area contributed by atoms with Crippen LogP contribution in [0.5, 0.6) is 0 Å². The van der Waals surface area contributed by atoms with Gasteiger partial charge in [0.05, 0.1) is 17.5 Å². The molecule has 1 heterocycles. The van der Waals surface area contributed by atoms with Crippen LogP contribution in [0.15, 0.2) is 72.8 Å². The molecule has 7 rings (SSSR count). The molecule has 4 aliphatic rings. The number of hydrogen-bond acceptors (Lipinski definition) is 2. The van der Waals surface area contributed by atoms with E-state index in [1.165, 1.54) is 32.7 Å². The Morgan fingerprint density at radius 2 is 1.07 bits per heavy atom. The molecule has 0 saturated carbocycles. The predicted molar refractivity (Wildman–Crippen MR) is 112 cm³/mol. The maximum absolute atomic E-state index is 13.6. The van der Waals surface area contributed by atoms with Crippen molar-refractivity contribution in [3.05, 3.63) is 101 Å². The van der Waals surface area contributed by atoms with E-state index in [0.29, 0.717) is 5.69 Å². The van der Waals surface area contributed by atoms with Gasteiger partial charge in [-0.25, -0.2) is 4.90 Å². The Kier molecular flexibility index (Phi) is 3.40. The van der Waals surface area contributed by atoms with Gasteiger partial charge < -0.3 is 0 Å². The van der Waals surface area contributed by atoms with Crippen LogP contribution in [0.3, 0.4) is 0 Å². The molecule has 0 unspecified atom stereocenters. The highest BCUT2D eigenvalue weighted by molar-refractivity contribution is 6.23. The number of benzene rings is 3. The van der Waals surface area contributed by atoms with Gasteiger partial charge in [-0.15, -0.1) is 0 Å². The number of carbonyl (C=O) groups is 2. The predicted octanol–water partition coefficient (Wildman–Crippen LogP) is 4.65. The van der Waals surface area contributed by atoms with Gasteiger partial charge in [0.2, 0.25) is 11.8 Å². The molecule has 3 heteroatoms. The van der Waals surface area contributed by atoms with E-state index in [1.807, 2.05) is 48.5 Å². The number of nitrogens with zero attached hydrogens (tertiary/aromatic N) is 1. The zero-order valence-electron chi connectivity index (χ0n) is 16.2. The summed E-state index contributed by atoms with van der Waals surface area (Å²) in [5.41, 5.74) is 6.73. The van der Waals surface area contributed by atoms with Crippen LogP contribution < -0.4 is 4.90 Å². The number of aryl methyl sites for hydroxylation is 1. The molecule has 3 nitrogen and oxygen atoms in total. The van der Waals surface area contributed by atoms with Crippen molar-refractivity contribution >= 4 is 17.5 Å². The lowest BCUT2D eigenvalue weighted by Crippen LogP contribution is -2.41. The Morgan fingerprint density at radius 3 is 1.45 bits per heavy atom. The average molecular weight is 379 g/mol. The molecule has 0 spiro atoms. The third-order valence-electron chi connectivity index (χ3n) is 7.05. The lowest BCUT2D eigenvalue weighted by atomic mass is 9.55. The minimum absolute atomic E-state index is 0.0474. The van der Waals surface area contributed by atoms with Gasteiger partial charge in [-0.05, 0) is 46.4 Å². The smallest absolute Gasteiger partial charge is 0.238 e. The summed E-state index contributed by atoms with van der Waals surface area (Å²) in [5, 5.41) is 0. The second-order valence-electron chi connectivity index (χ2n) is 8.30. The van der Waals surface area contributed by atoms with Crippen LogP contribution in [0.1, 0.15) is 46.6 Å². The molecular formula is C26H21NO2. The summed E-state index contributed by atoms with van der Waals surface area (Å²) in [6.07, 6.45) is 0.933. The van der Waals surface area contributed by atoms with Crippen LogP contribution in [0.2, 0.25) is 0 Å². The molecule has 0 aromatic heterocycles. The van der Waals surface area contributed by atoms with E-state index < -0.39 is 0 Å². The summed E-state index contributed by atoms with van der Waals surface area (Å²) in [7, 11) is 0. The van der Waals surface area contributed by atoms with Crippen molar-refractivity contribution in [1.29, 1.82) is 0 Å². The summed E-state index contributed by atoms with van der Waals surface area (Å²) in [6, 6.07) is 24.5. The van der Waals surface area contributed by atoms with Crippen molar-refractivity contribution in [3.8, 4) is 0 Å². The summed E-state index contributed by atoms with van der Waals surface area (Å²) < 4.78 is 0. The normalized spacial score (nSPS) is 26.3. The first-order valence-electron chi connectivity index (χ1n) is 10.3. The zero-order valence-corrected chi connectivity index (χ0v) is 16.2. The molecule has 3 aliphatic carbocycles. The highest BCUT2D eigenvalue weighted by atomic mass is 16.2. The number of amides is 2. The summed E-state index contributed by atoms with van der Waals surface area (Å²) >= 11 is 0. The van der Waals surface area contributed by atoms with Crippen LogP contribution in [0.4, 0.5) is 5.69 Å². The lowest BCUT2D eigenvalue weighted by molar-refractivity contribution is -0.122. The van der Waals surface area contributed by atoms with Gasteiger partial charge in [0.25, 0.3) is 0 Å². The average Bonchev–Trinajstić information content (AvgIpc) is 3.04. The monoisotopic (exact) mass is 379 g/mol. The molecule has 2 bridgehead atoms. The van der Waals surface area contributed by atoms with Crippen molar-refractivity contribution < 1.29 is 9.59 Å². The van der Waals surface area contributed by atoms with E-state index in [2.05, 4.69) is 31.2 Å². The minimum Gasteiger partial charge on any atom is -0.274 e. The van der Waals surface area contributed by atoms with Crippen LogP contribution in [0, 0.1) is 11.8 Å². The third-order valence-corrected chi connectivity index (χ3v) is 7.05. The maximum Gasteiger partial charge on any atom is 0.238 e. The Balaban J connectivity index is 1.53. The Hall–Kier alpha value is -3.20. The third kappa shape index (κ3) is 2.08. The molecule has 3 aromatic carbocycles. The second-order valence-corrected chi connectivity index (χ2v) is 8.30. The molecule has 2 amide bonds. The first-order valence-corrected chi connectivity index (χ1v) is 10.3. The number of anilines is 1. The van der Waals surface area contributed by atoms with E-state index in [0.717, 1.165) is 6.42 Å². The molecule has 1 fully saturated rings. The highest BCUT2D eigenvalue weighted by Crippen LogP contribution is 2.61. The summed E-state index contributed by atoms with van der Waals surface area (Å²) in [5.74, 6) is -0.833. The number of rotatable bonds is 2. The molecular weight excluding hydrogens is 358 g/mol. The Bertz CT molecular complexity index is 1050. The Labute approximate surface area is 170 Å². The van der Waals surface area contributed by atoms with Gasteiger partial charge >= 0.3 is 0 Å². The first-order chi connectivity index (χ1) is 14.2. The summed E-state index contributed by atoms with van der Waals surface area (Å²) in [4.78, 5) is 28.7. The quantitative estimate of drug-likeness (QED) is 0.608. The zero-order chi connectivity index (χ0) is 19.7. The molecule has 29 heavy (non-hydrogen) atoms. The summed E-state index contributed by atoms with van der Waals surface area (Å²) in [6.45, 7) is 2.10. The lowest BCUT2D eigenvalue weighted by Gasteiger charge is -2.45. The van der Waals surface area contributed by atoms with Gasteiger partial charge in [0.1, 0.15) is 0 Å². The van der Waals surface area contributed by atoms with Crippen molar-refractivity contribution in [2.45, 2.75) is 25.2 Å². The van der Waals surface area contributed by atoms with Crippen LogP contribution in [-0.4, -0.2) is 11.8 Å². The van der Waals surface area contributed by atoms with E-state index in [4.69, 9.17) is 0 Å². The van der Waals surface area contributed by atoms with Gasteiger partial charge in [-0.3, -0.25) is 9.59 Å². The van der Waals surface area contributed by atoms with Gasteiger partial charge in [-0.1, -0.05) is 67.6 Å². The van der Waals surface area contributed by atoms with Crippen molar-refractivity contribution in [2.24, 2.45) is 11.8 Å². The number of imide groups is 1. The largest absolute Gasteiger partial charge is 0.274 e. The molecule has 3 aromatic rings. The first kappa shape index (κ1) is 16.7. The van der Waals surface area contributed by atoms with Crippen molar-refractivity contribution in [2.75, 3.05) is 4.90 Å².